The molecule has 3 heterocycles. The lowest BCUT2D eigenvalue weighted by atomic mass is 10.0. The first-order valence-electron chi connectivity index (χ1n) is 11.0. The van der Waals surface area contributed by atoms with E-state index in [4.69, 9.17) is 10.5 Å². The molecule has 2 aromatic heterocycles. The highest BCUT2D eigenvalue weighted by Crippen LogP contribution is 2.25. The SMILES string of the molecule is NC(=O)c1cc(C[C@H]2CCNC2=O)nc(-c2ccc(Oc3ccc(COCC(F)(F)F)cn3)cc2)n1. The van der Waals surface area contributed by atoms with Crippen molar-refractivity contribution in [2.24, 2.45) is 11.7 Å². The number of pyridine rings is 1. The van der Waals surface area contributed by atoms with Crippen molar-refractivity contribution in [2.45, 2.75) is 25.6 Å². The van der Waals surface area contributed by atoms with Crippen molar-refractivity contribution in [3.63, 3.8) is 0 Å². The number of alkyl halides is 3. The Kier molecular flexibility index (Phi) is 7.44. The highest BCUT2D eigenvalue weighted by Gasteiger charge is 2.27. The lowest BCUT2D eigenvalue weighted by molar-refractivity contribution is -0.176. The number of benzene rings is 1. The lowest BCUT2D eigenvalue weighted by Crippen LogP contribution is -2.21. The Morgan fingerprint density at radius 2 is 1.92 bits per heavy atom. The Hall–Kier alpha value is -4.06. The molecule has 1 fully saturated rings. The van der Waals surface area contributed by atoms with E-state index in [1.54, 1.807) is 30.3 Å². The van der Waals surface area contributed by atoms with Crippen molar-refractivity contribution in [3.05, 3.63) is 65.6 Å². The van der Waals surface area contributed by atoms with E-state index in [0.717, 1.165) is 0 Å². The van der Waals surface area contributed by atoms with E-state index in [9.17, 15) is 22.8 Å². The molecular weight excluding hydrogens is 479 g/mol. The summed E-state index contributed by atoms with van der Waals surface area (Å²) >= 11 is 0. The predicted molar refractivity (Wildman–Crippen MR) is 121 cm³/mol. The van der Waals surface area contributed by atoms with Crippen molar-refractivity contribution >= 4 is 11.8 Å². The first-order chi connectivity index (χ1) is 17.2. The van der Waals surface area contributed by atoms with Crippen LogP contribution in [0.25, 0.3) is 11.4 Å². The quantitative estimate of drug-likeness (QED) is 0.461. The van der Waals surface area contributed by atoms with Gasteiger partial charge in [0, 0.05) is 42.4 Å². The summed E-state index contributed by atoms with van der Waals surface area (Å²) < 4.78 is 46.8. The highest BCUT2D eigenvalue weighted by molar-refractivity contribution is 5.91. The molecule has 3 aromatic rings. The zero-order chi connectivity index (χ0) is 25.7. The summed E-state index contributed by atoms with van der Waals surface area (Å²) in [7, 11) is 0. The fourth-order valence-corrected chi connectivity index (χ4v) is 3.58. The highest BCUT2D eigenvalue weighted by atomic mass is 19.4. The van der Waals surface area contributed by atoms with Gasteiger partial charge in [-0.25, -0.2) is 15.0 Å². The number of rotatable bonds is 9. The fraction of sp³-hybridized carbons (Fsp3) is 0.292. The molecule has 1 aromatic carbocycles. The van der Waals surface area contributed by atoms with Gasteiger partial charge in [-0.05, 0) is 48.4 Å². The Morgan fingerprint density at radius 3 is 2.53 bits per heavy atom. The number of carbonyl (C=O) groups is 2. The maximum absolute atomic E-state index is 12.2. The summed E-state index contributed by atoms with van der Waals surface area (Å²) in [6.45, 7) is -0.949. The summed E-state index contributed by atoms with van der Waals surface area (Å²) in [6.07, 6.45) is -1.96. The topological polar surface area (TPSA) is 129 Å². The van der Waals surface area contributed by atoms with E-state index in [-0.39, 0.29) is 35.8 Å². The third-order valence-electron chi connectivity index (χ3n) is 5.32. The molecule has 2 amide bonds. The number of carbonyl (C=O) groups excluding carboxylic acids is 2. The van der Waals surface area contributed by atoms with Crippen LogP contribution in [0.4, 0.5) is 13.2 Å². The molecule has 9 nitrogen and oxygen atoms in total. The molecule has 3 N–H and O–H groups in total. The average molecular weight is 501 g/mol. The second-order valence-electron chi connectivity index (χ2n) is 8.15. The number of aromatic nitrogens is 3. The minimum atomic E-state index is -4.39. The number of hydrogen-bond donors (Lipinski definition) is 2. The van der Waals surface area contributed by atoms with Gasteiger partial charge < -0.3 is 20.5 Å². The van der Waals surface area contributed by atoms with Crippen molar-refractivity contribution in [3.8, 4) is 23.0 Å². The van der Waals surface area contributed by atoms with Crippen LogP contribution in [0.5, 0.6) is 11.6 Å². The van der Waals surface area contributed by atoms with Crippen LogP contribution in [-0.4, -0.2) is 46.1 Å². The molecule has 0 aliphatic carbocycles. The third-order valence-corrected chi connectivity index (χ3v) is 5.32. The number of ether oxygens (including phenoxy) is 2. The molecule has 1 aliphatic rings. The van der Waals surface area contributed by atoms with Gasteiger partial charge in [-0.1, -0.05) is 0 Å². The summed E-state index contributed by atoms with van der Waals surface area (Å²) in [5.74, 6) is 0.00130. The van der Waals surface area contributed by atoms with Crippen molar-refractivity contribution < 1.29 is 32.2 Å². The Bertz CT molecular complexity index is 1230. The minimum absolute atomic E-state index is 0.0484. The zero-order valence-electron chi connectivity index (χ0n) is 18.9. The van der Waals surface area contributed by atoms with Gasteiger partial charge in [-0.2, -0.15) is 13.2 Å². The van der Waals surface area contributed by atoms with E-state index in [2.05, 4.69) is 25.0 Å². The summed E-state index contributed by atoms with van der Waals surface area (Å²) in [5, 5.41) is 2.78. The van der Waals surface area contributed by atoms with Crippen LogP contribution in [-0.2, 0) is 22.6 Å². The number of amides is 2. The number of hydrogen-bond acceptors (Lipinski definition) is 7. The van der Waals surface area contributed by atoms with E-state index >= 15 is 0 Å². The molecule has 1 aliphatic heterocycles. The Labute approximate surface area is 203 Å². The summed E-state index contributed by atoms with van der Waals surface area (Å²) in [4.78, 5) is 36.5. The molecular formula is C24H22F3N5O4. The molecule has 0 radical (unpaired) electrons. The van der Waals surface area contributed by atoms with Gasteiger partial charge in [0.15, 0.2) is 5.82 Å². The standard InChI is InChI=1S/C24H22F3N5O4/c25-24(26,27)13-35-12-14-1-6-20(30-11-14)36-18-4-2-15(3-5-18)22-31-17(10-19(32-22)21(28)33)9-16-7-8-29-23(16)34/h1-6,10-11,16H,7-9,12-13H2,(H2,28,33)(H,29,34)/t16-/m1/s1. The van der Waals surface area contributed by atoms with Crippen LogP contribution in [0.1, 0.15) is 28.2 Å². The zero-order valence-corrected chi connectivity index (χ0v) is 18.9. The van der Waals surface area contributed by atoms with Crippen LogP contribution < -0.4 is 15.8 Å². The van der Waals surface area contributed by atoms with E-state index < -0.39 is 18.7 Å². The average Bonchev–Trinajstić information content (AvgIpc) is 3.24. The van der Waals surface area contributed by atoms with Crippen LogP contribution in [0.15, 0.2) is 48.7 Å². The van der Waals surface area contributed by atoms with E-state index in [0.29, 0.717) is 42.0 Å². The molecule has 12 heteroatoms. The molecule has 36 heavy (non-hydrogen) atoms. The molecule has 1 atom stereocenters. The maximum atomic E-state index is 12.2. The lowest BCUT2D eigenvalue weighted by Gasteiger charge is -2.10. The van der Waals surface area contributed by atoms with Crippen LogP contribution in [0.3, 0.4) is 0 Å². The molecule has 0 spiro atoms. The summed E-state index contributed by atoms with van der Waals surface area (Å²) in [6, 6.07) is 11.3. The van der Waals surface area contributed by atoms with Crippen molar-refractivity contribution in [1.82, 2.24) is 20.3 Å². The van der Waals surface area contributed by atoms with Gasteiger partial charge in [0.2, 0.25) is 11.8 Å². The third kappa shape index (κ3) is 6.75. The van der Waals surface area contributed by atoms with Gasteiger partial charge >= 0.3 is 6.18 Å². The normalized spacial score (nSPS) is 15.5. The second-order valence-corrected chi connectivity index (χ2v) is 8.15. The second kappa shape index (κ2) is 10.7. The van der Waals surface area contributed by atoms with Crippen LogP contribution >= 0.6 is 0 Å². The van der Waals surface area contributed by atoms with Gasteiger partial charge in [-0.3, -0.25) is 9.59 Å². The van der Waals surface area contributed by atoms with Crippen LogP contribution in [0.2, 0.25) is 0 Å². The molecule has 0 unspecified atom stereocenters. The monoisotopic (exact) mass is 501 g/mol. The van der Waals surface area contributed by atoms with Crippen molar-refractivity contribution in [1.29, 1.82) is 0 Å². The summed E-state index contributed by atoms with van der Waals surface area (Å²) in [5.41, 5.74) is 7.11. The van der Waals surface area contributed by atoms with Gasteiger partial charge in [0.1, 0.15) is 18.1 Å². The first-order valence-corrected chi connectivity index (χ1v) is 11.0. The smallest absolute Gasteiger partial charge is 0.411 e. The Morgan fingerprint density at radius 1 is 1.14 bits per heavy atom. The number of nitrogens with zero attached hydrogens (tertiary/aromatic N) is 3. The van der Waals surface area contributed by atoms with Crippen molar-refractivity contribution in [2.75, 3.05) is 13.2 Å². The number of halogens is 3. The predicted octanol–water partition coefficient (Wildman–Crippen LogP) is 3.19. The van der Waals surface area contributed by atoms with Gasteiger partial charge in [0.25, 0.3) is 5.91 Å². The maximum Gasteiger partial charge on any atom is 0.411 e. The van der Waals surface area contributed by atoms with E-state index in [1.165, 1.54) is 18.3 Å². The number of nitrogens with one attached hydrogen (secondary N) is 1. The number of nitrogens with two attached hydrogens (primary N) is 1. The molecule has 4 rings (SSSR count). The molecule has 188 valence electrons. The molecule has 1 saturated heterocycles. The van der Waals surface area contributed by atoms with Gasteiger partial charge in [0.05, 0.1) is 6.61 Å². The fourth-order valence-electron chi connectivity index (χ4n) is 3.58. The van der Waals surface area contributed by atoms with Gasteiger partial charge in [-0.15, -0.1) is 0 Å². The minimum Gasteiger partial charge on any atom is -0.439 e. The molecule has 0 saturated carbocycles. The Balaban J connectivity index is 1.43. The van der Waals surface area contributed by atoms with E-state index in [1.807, 2.05) is 0 Å². The number of primary amides is 1. The van der Waals surface area contributed by atoms with Crippen LogP contribution in [0, 0.1) is 5.92 Å². The largest absolute Gasteiger partial charge is 0.439 e. The first kappa shape index (κ1) is 25.0. The molecule has 0 bridgehead atoms.